The Balaban J connectivity index is 1.87. The minimum Gasteiger partial charge on any atom is -0.497 e. The Bertz CT molecular complexity index is 676. The molecule has 24 heavy (non-hydrogen) atoms. The van der Waals surface area contributed by atoms with Crippen LogP contribution in [0.1, 0.15) is 36.3 Å². The SMILES string of the molecule is COc1ccc(C(CC(=O)N2CCCC2)c2ccc(F)cc2)cc1. The first-order valence-electron chi connectivity index (χ1n) is 8.34. The van der Waals surface area contributed by atoms with Gasteiger partial charge in [0.25, 0.3) is 0 Å². The maximum absolute atomic E-state index is 13.3. The number of hydrogen-bond donors (Lipinski definition) is 0. The number of methoxy groups -OCH3 is 1. The molecular weight excluding hydrogens is 305 g/mol. The molecule has 1 unspecified atom stereocenters. The van der Waals surface area contributed by atoms with Crippen LogP contribution < -0.4 is 4.74 Å². The summed E-state index contributed by atoms with van der Waals surface area (Å²) in [5, 5.41) is 0. The van der Waals surface area contributed by atoms with Gasteiger partial charge in [-0.3, -0.25) is 4.79 Å². The monoisotopic (exact) mass is 327 g/mol. The first-order valence-corrected chi connectivity index (χ1v) is 8.34. The molecular formula is C20H22FNO2. The van der Waals surface area contributed by atoms with Crippen molar-refractivity contribution in [1.29, 1.82) is 0 Å². The molecule has 1 amide bonds. The van der Waals surface area contributed by atoms with E-state index in [1.165, 1.54) is 12.1 Å². The molecule has 1 aliphatic heterocycles. The van der Waals surface area contributed by atoms with Crippen LogP contribution in [0.2, 0.25) is 0 Å². The van der Waals surface area contributed by atoms with Gasteiger partial charge in [-0.05, 0) is 48.2 Å². The number of hydrogen-bond acceptors (Lipinski definition) is 2. The van der Waals surface area contributed by atoms with E-state index in [1.54, 1.807) is 19.2 Å². The van der Waals surface area contributed by atoms with Gasteiger partial charge in [-0.1, -0.05) is 24.3 Å². The first-order chi connectivity index (χ1) is 11.7. The van der Waals surface area contributed by atoms with Crippen LogP contribution in [0, 0.1) is 5.82 Å². The molecule has 1 heterocycles. The lowest BCUT2D eigenvalue weighted by Crippen LogP contribution is -2.29. The summed E-state index contributed by atoms with van der Waals surface area (Å²) < 4.78 is 18.5. The second-order valence-corrected chi connectivity index (χ2v) is 6.17. The van der Waals surface area contributed by atoms with Crippen molar-refractivity contribution in [3.63, 3.8) is 0 Å². The molecule has 1 aliphatic rings. The van der Waals surface area contributed by atoms with Crippen LogP contribution in [-0.2, 0) is 4.79 Å². The number of benzene rings is 2. The van der Waals surface area contributed by atoms with Gasteiger partial charge in [-0.15, -0.1) is 0 Å². The number of rotatable bonds is 5. The van der Waals surface area contributed by atoms with Gasteiger partial charge in [0.1, 0.15) is 11.6 Å². The summed E-state index contributed by atoms with van der Waals surface area (Å²) in [7, 11) is 1.63. The van der Waals surface area contributed by atoms with Crippen molar-refractivity contribution >= 4 is 5.91 Å². The van der Waals surface area contributed by atoms with Gasteiger partial charge in [0, 0.05) is 25.4 Å². The zero-order chi connectivity index (χ0) is 16.9. The van der Waals surface area contributed by atoms with Crippen LogP contribution in [0.25, 0.3) is 0 Å². The number of likely N-dealkylation sites (tertiary alicyclic amines) is 1. The van der Waals surface area contributed by atoms with E-state index in [1.807, 2.05) is 29.2 Å². The van der Waals surface area contributed by atoms with Crippen molar-refractivity contribution in [1.82, 2.24) is 4.90 Å². The van der Waals surface area contributed by atoms with Crippen LogP contribution in [0.15, 0.2) is 48.5 Å². The normalized spacial score (nSPS) is 15.3. The van der Waals surface area contributed by atoms with Crippen molar-refractivity contribution in [2.24, 2.45) is 0 Å². The Morgan fingerprint density at radius 3 is 2.12 bits per heavy atom. The summed E-state index contributed by atoms with van der Waals surface area (Å²) in [6.45, 7) is 1.69. The molecule has 1 fully saturated rings. The molecule has 2 aromatic carbocycles. The zero-order valence-electron chi connectivity index (χ0n) is 13.9. The van der Waals surface area contributed by atoms with E-state index in [4.69, 9.17) is 4.74 Å². The van der Waals surface area contributed by atoms with Gasteiger partial charge in [-0.25, -0.2) is 4.39 Å². The molecule has 0 spiro atoms. The van der Waals surface area contributed by atoms with E-state index in [-0.39, 0.29) is 17.6 Å². The van der Waals surface area contributed by atoms with E-state index < -0.39 is 0 Å². The van der Waals surface area contributed by atoms with Gasteiger partial charge in [0.2, 0.25) is 5.91 Å². The number of nitrogens with zero attached hydrogens (tertiary/aromatic N) is 1. The average Bonchev–Trinajstić information content (AvgIpc) is 3.15. The van der Waals surface area contributed by atoms with Crippen LogP contribution in [0.3, 0.4) is 0 Å². The minimum atomic E-state index is -0.266. The average molecular weight is 327 g/mol. The fraction of sp³-hybridized carbons (Fsp3) is 0.350. The van der Waals surface area contributed by atoms with Crippen molar-refractivity contribution < 1.29 is 13.9 Å². The van der Waals surface area contributed by atoms with Crippen LogP contribution in [0.4, 0.5) is 4.39 Å². The number of halogens is 1. The summed E-state index contributed by atoms with van der Waals surface area (Å²) >= 11 is 0. The Morgan fingerprint density at radius 1 is 1.04 bits per heavy atom. The fourth-order valence-corrected chi connectivity index (χ4v) is 3.23. The Labute approximate surface area is 142 Å². The molecule has 0 saturated carbocycles. The Kier molecular flexibility index (Phi) is 5.14. The molecule has 0 radical (unpaired) electrons. The smallest absolute Gasteiger partial charge is 0.223 e. The predicted molar refractivity (Wildman–Crippen MR) is 91.7 cm³/mol. The highest BCUT2D eigenvalue weighted by molar-refractivity contribution is 5.78. The molecule has 0 aromatic heterocycles. The quantitative estimate of drug-likeness (QED) is 0.831. The summed E-state index contributed by atoms with van der Waals surface area (Å²) in [5.41, 5.74) is 1.99. The van der Waals surface area contributed by atoms with E-state index in [9.17, 15) is 9.18 Å². The van der Waals surface area contributed by atoms with Crippen molar-refractivity contribution in [3.05, 3.63) is 65.5 Å². The molecule has 1 saturated heterocycles. The molecule has 0 N–H and O–H groups in total. The molecule has 3 nitrogen and oxygen atoms in total. The molecule has 2 aromatic rings. The summed E-state index contributed by atoms with van der Waals surface area (Å²) in [6.07, 6.45) is 2.56. The van der Waals surface area contributed by atoms with Gasteiger partial charge in [0.15, 0.2) is 0 Å². The highest BCUT2D eigenvalue weighted by atomic mass is 19.1. The van der Waals surface area contributed by atoms with Gasteiger partial charge in [-0.2, -0.15) is 0 Å². The third-order valence-electron chi connectivity index (χ3n) is 4.63. The molecule has 4 heteroatoms. The lowest BCUT2D eigenvalue weighted by molar-refractivity contribution is -0.130. The third kappa shape index (κ3) is 3.75. The lowest BCUT2D eigenvalue weighted by atomic mass is 9.88. The molecule has 1 atom stereocenters. The largest absolute Gasteiger partial charge is 0.497 e. The molecule has 126 valence electrons. The minimum absolute atomic E-state index is 0.0791. The Hall–Kier alpha value is -2.36. The summed E-state index contributed by atoms with van der Waals surface area (Å²) in [5.74, 6) is 0.600. The van der Waals surface area contributed by atoms with Crippen molar-refractivity contribution in [2.75, 3.05) is 20.2 Å². The lowest BCUT2D eigenvalue weighted by Gasteiger charge is -2.22. The standard InChI is InChI=1S/C20H22FNO2/c1-24-18-10-6-16(7-11-18)19(15-4-8-17(21)9-5-15)14-20(23)22-12-2-3-13-22/h4-11,19H,2-3,12-14H2,1H3. The zero-order valence-corrected chi connectivity index (χ0v) is 13.9. The highest BCUT2D eigenvalue weighted by Gasteiger charge is 2.24. The predicted octanol–water partition coefficient (Wildman–Crippen LogP) is 3.98. The highest BCUT2D eigenvalue weighted by Crippen LogP contribution is 2.30. The van der Waals surface area contributed by atoms with Crippen molar-refractivity contribution in [3.8, 4) is 5.75 Å². The van der Waals surface area contributed by atoms with E-state index >= 15 is 0 Å². The number of ether oxygens (including phenoxy) is 1. The molecule has 3 rings (SSSR count). The topological polar surface area (TPSA) is 29.5 Å². The van der Waals surface area contributed by atoms with E-state index in [0.29, 0.717) is 6.42 Å². The van der Waals surface area contributed by atoms with Crippen LogP contribution in [0.5, 0.6) is 5.75 Å². The molecule has 0 aliphatic carbocycles. The first kappa shape index (κ1) is 16.5. The summed E-state index contributed by atoms with van der Waals surface area (Å²) in [6, 6.07) is 14.2. The van der Waals surface area contributed by atoms with E-state index in [0.717, 1.165) is 42.8 Å². The number of carbonyl (C=O) groups is 1. The maximum Gasteiger partial charge on any atom is 0.223 e. The van der Waals surface area contributed by atoms with Crippen molar-refractivity contribution in [2.45, 2.75) is 25.2 Å². The fourth-order valence-electron chi connectivity index (χ4n) is 3.23. The third-order valence-corrected chi connectivity index (χ3v) is 4.63. The second-order valence-electron chi connectivity index (χ2n) is 6.17. The maximum atomic E-state index is 13.3. The van der Waals surface area contributed by atoms with Crippen LogP contribution >= 0.6 is 0 Å². The van der Waals surface area contributed by atoms with Crippen LogP contribution in [-0.4, -0.2) is 31.0 Å². The number of amides is 1. The number of carbonyl (C=O) groups excluding carboxylic acids is 1. The van der Waals surface area contributed by atoms with Gasteiger partial charge >= 0.3 is 0 Å². The summed E-state index contributed by atoms with van der Waals surface area (Å²) in [4.78, 5) is 14.6. The Morgan fingerprint density at radius 2 is 1.58 bits per heavy atom. The van der Waals surface area contributed by atoms with Gasteiger partial charge < -0.3 is 9.64 Å². The van der Waals surface area contributed by atoms with Gasteiger partial charge in [0.05, 0.1) is 7.11 Å². The van der Waals surface area contributed by atoms with E-state index in [2.05, 4.69) is 0 Å². The second kappa shape index (κ2) is 7.47. The molecule has 0 bridgehead atoms.